The lowest BCUT2D eigenvalue weighted by Crippen LogP contribution is -2.12. The molecule has 20 heavy (non-hydrogen) atoms. The number of imidazole rings is 1. The third-order valence-corrected chi connectivity index (χ3v) is 4.48. The van der Waals surface area contributed by atoms with Crippen LogP contribution in [0.5, 0.6) is 0 Å². The van der Waals surface area contributed by atoms with Crippen molar-refractivity contribution < 1.29 is 4.74 Å². The Hall–Kier alpha value is -1.06. The molecule has 1 aromatic heterocycles. The van der Waals surface area contributed by atoms with Crippen molar-refractivity contribution in [1.29, 1.82) is 0 Å². The Balaban J connectivity index is 2.05. The smallest absolute Gasteiger partial charge is 0.111 e. The summed E-state index contributed by atoms with van der Waals surface area (Å²) in [4.78, 5) is 4.80. The van der Waals surface area contributed by atoms with Crippen molar-refractivity contribution in [2.45, 2.75) is 44.8 Å². The number of aromatic nitrogens is 2. The van der Waals surface area contributed by atoms with Crippen molar-refractivity contribution in [3.05, 3.63) is 29.6 Å². The number of benzene rings is 1. The Morgan fingerprint density at radius 2 is 2.25 bits per heavy atom. The predicted octanol–water partition coefficient (Wildman–Crippen LogP) is 3.87. The molecule has 0 bridgehead atoms. The Kier molecular flexibility index (Phi) is 3.99. The second-order valence-electron chi connectivity index (χ2n) is 5.65. The minimum Gasteiger partial charge on any atom is -0.381 e. The normalized spacial score (nSPS) is 22.8. The van der Waals surface area contributed by atoms with E-state index in [1.54, 1.807) is 0 Å². The summed E-state index contributed by atoms with van der Waals surface area (Å²) in [7, 11) is 1.81. The number of rotatable bonds is 4. The summed E-state index contributed by atoms with van der Waals surface area (Å²) in [5.74, 6) is 1.73. The molecule has 0 saturated heterocycles. The molecule has 0 aliphatic heterocycles. The van der Waals surface area contributed by atoms with E-state index >= 15 is 0 Å². The number of ether oxygens (including phenoxy) is 1. The molecule has 2 aromatic rings. The monoisotopic (exact) mass is 292 g/mol. The van der Waals surface area contributed by atoms with Crippen LogP contribution in [0, 0.1) is 6.92 Å². The van der Waals surface area contributed by atoms with Crippen LogP contribution in [-0.4, -0.2) is 28.6 Å². The lowest BCUT2D eigenvalue weighted by atomic mass is 10.2. The molecule has 0 N–H and O–H groups in total. The summed E-state index contributed by atoms with van der Waals surface area (Å²) < 4.78 is 7.91. The third-order valence-electron chi connectivity index (χ3n) is 4.29. The maximum atomic E-state index is 5.95. The van der Waals surface area contributed by atoms with Crippen molar-refractivity contribution in [3.63, 3.8) is 0 Å². The molecule has 1 aliphatic carbocycles. The molecule has 0 spiro atoms. The van der Waals surface area contributed by atoms with Crippen LogP contribution in [0.3, 0.4) is 0 Å². The molecular formula is C16H21ClN2O. The van der Waals surface area contributed by atoms with Crippen molar-refractivity contribution in [1.82, 2.24) is 9.55 Å². The van der Waals surface area contributed by atoms with E-state index in [4.69, 9.17) is 21.3 Å². The Morgan fingerprint density at radius 3 is 2.95 bits per heavy atom. The largest absolute Gasteiger partial charge is 0.381 e. The quantitative estimate of drug-likeness (QED) is 0.800. The van der Waals surface area contributed by atoms with E-state index in [0.29, 0.717) is 18.0 Å². The molecule has 0 amide bonds. The minimum absolute atomic E-state index is 0.381. The average Bonchev–Trinajstić information content (AvgIpc) is 3.02. The molecular weight excluding hydrogens is 272 g/mol. The van der Waals surface area contributed by atoms with E-state index in [1.165, 1.54) is 11.1 Å². The van der Waals surface area contributed by atoms with Gasteiger partial charge in [-0.3, -0.25) is 0 Å². The second kappa shape index (κ2) is 5.74. The molecule has 3 nitrogen and oxygen atoms in total. The highest BCUT2D eigenvalue weighted by atomic mass is 35.5. The Morgan fingerprint density at radius 1 is 1.40 bits per heavy atom. The van der Waals surface area contributed by atoms with E-state index < -0.39 is 0 Å². The fourth-order valence-electron chi connectivity index (χ4n) is 3.29. The van der Waals surface area contributed by atoms with Crippen molar-refractivity contribution in [2.24, 2.45) is 0 Å². The van der Waals surface area contributed by atoms with Gasteiger partial charge in [-0.15, -0.1) is 11.6 Å². The lowest BCUT2D eigenvalue weighted by molar-refractivity contribution is 0.106. The fourth-order valence-corrected chi connectivity index (χ4v) is 3.46. The standard InChI is InChI=1S/C16H21ClN2O/c1-11-3-6-15-14(9-11)18-16(7-8-17)19(15)12-4-5-13(10-12)20-2/h3,6,9,12-13H,4-5,7-8,10H2,1-2H3. The number of hydrogen-bond acceptors (Lipinski definition) is 2. The number of aryl methyl sites for hydroxylation is 2. The van der Waals surface area contributed by atoms with Crippen LogP contribution in [0.15, 0.2) is 18.2 Å². The van der Waals surface area contributed by atoms with Gasteiger partial charge in [-0.1, -0.05) is 6.07 Å². The zero-order chi connectivity index (χ0) is 14.1. The molecule has 2 atom stereocenters. The summed E-state index contributed by atoms with van der Waals surface area (Å²) in [6, 6.07) is 7.00. The summed E-state index contributed by atoms with van der Waals surface area (Å²) in [5, 5.41) is 0. The molecule has 4 heteroatoms. The van der Waals surface area contributed by atoms with Gasteiger partial charge >= 0.3 is 0 Å². The summed E-state index contributed by atoms with van der Waals surface area (Å²) in [6.45, 7) is 2.11. The Labute approximate surface area is 124 Å². The highest BCUT2D eigenvalue weighted by Gasteiger charge is 2.28. The van der Waals surface area contributed by atoms with Crippen molar-refractivity contribution >= 4 is 22.6 Å². The van der Waals surface area contributed by atoms with Gasteiger partial charge in [0, 0.05) is 25.5 Å². The van der Waals surface area contributed by atoms with Crippen LogP contribution < -0.4 is 0 Å². The number of fused-ring (bicyclic) bond motifs is 1. The summed E-state index contributed by atoms with van der Waals surface area (Å²) >= 11 is 5.95. The van der Waals surface area contributed by atoms with Crippen LogP contribution in [0.2, 0.25) is 0 Å². The maximum absolute atomic E-state index is 5.95. The SMILES string of the molecule is COC1CCC(n2c(CCCl)nc3cc(C)ccc32)C1. The molecule has 0 radical (unpaired) electrons. The summed E-state index contributed by atoms with van der Waals surface area (Å²) in [6.07, 6.45) is 4.57. The number of methoxy groups -OCH3 is 1. The van der Waals surface area contributed by atoms with E-state index in [1.807, 2.05) is 7.11 Å². The van der Waals surface area contributed by atoms with Crippen LogP contribution in [-0.2, 0) is 11.2 Å². The lowest BCUT2D eigenvalue weighted by Gasteiger charge is -2.16. The van der Waals surface area contributed by atoms with E-state index in [-0.39, 0.29) is 0 Å². The van der Waals surface area contributed by atoms with Gasteiger partial charge in [0.25, 0.3) is 0 Å². The number of hydrogen-bond donors (Lipinski definition) is 0. The molecule has 108 valence electrons. The Bertz CT molecular complexity index is 608. The zero-order valence-corrected chi connectivity index (χ0v) is 12.9. The van der Waals surface area contributed by atoms with Gasteiger partial charge in [0.1, 0.15) is 5.82 Å². The van der Waals surface area contributed by atoms with Gasteiger partial charge in [-0.2, -0.15) is 0 Å². The first-order valence-electron chi connectivity index (χ1n) is 7.29. The molecule has 1 heterocycles. The summed E-state index contributed by atoms with van der Waals surface area (Å²) in [5.41, 5.74) is 3.57. The highest BCUT2D eigenvalue weighted by molar-refractivity contribution is 6.17. The van der Waals surface area contributed by atoms with Crippen LogP contribution >= 0.6 is 11.6 Å². The molecule has 1 saturated carbocycles. The fraction of sp³-hybridized carbons (Fsp3) is 0.562. The minimum atomic E-state index is 0.381. The van der Waals surface area contributed by atoms with E-state index in [9.17, 15) is 0 Å². The number of nitrogens with zero attached hydrogens (tertiary/aromatic N) is 2. The molecule has 1 aromatic carbocycles. The third kappa shape index (κ3) is 2.45. The average molecular weight is 293 g/mol. The first-order chi connectivity index (χ1) is 9.72. The second-order valence-corrected chi connectivity index (χ2v) is 6.03. The molecule has 1 fully saturated rings. The van der Waals surface area contributed by atoms with Crippen LogP contribution in [0.4, 0.5) is 0 Å². The maximum Gasteiger partial charge on any atom is 0.111 e. The van der Waals surface area contributed by atoms with Gasteiger partial charge in [0.2, 0.25) is 0 Å². The molecule has 2 unspecified atom stereocenters. The van der Waals surface area contributed by atoms with Gasteiger partial charge in [-0.25, -0.2) is 4.98 Å². The predicted molar refractivity (Wildman–Crippen MR) is 82.6 cm³/mol. The van der Waals surface area contributed by atoms with E-state index in [0.717, 1.165) is 37.0 Å². The van der Waals surface area contributed by atoms with Crippen LogP contribution in [0.1, 0.15) is 36.7 Å². The van der Waals surface area contributed by atoms with Crippen molar-refractivity contribution in [2.75, 3.05) is 13.0 Å². The van der Waals surface area contributed by atoms with Gasteiger partial charge in [0.15, 0.2) is 0 Å². The van der Waals surface area contributed by atoms with E-state index in [2.05, 4.69) is 29.7 Å². The van der Waals surface area contributed by atoms with Gasteiger partial charge in [0.05, 0.1) is 17.1 Å². The molecule has 1 aliphatic rings. The van der Waals surface area contributed by atoms with Gasteiger partial charge < -0.3 is 9.30 Å². The topological polar surface area (TPSA) is 27.1 Å². The van der Waals surface area contributed by atoms with Crippen molar-refractivity contribution in [3.8, 4) is 0 Å². The highest BCUT2D eigenvalue weighted by Crippen LogP contribution is 2.35. The zero-order valence-electron chi connectivity index (χ0n) is 12.1. The van der Waals surface area contributed by atoms with Crippen LogP contribution in [0.25, 0.3) is 11.0 Å². The van der Waals surface area contributed by atoms with Gasteiger partial charge in [-0.05, 0) is 43.9 Å². The number of alkyl halides is 1. The number of halogens is 1. The first-order valence-corrected chi connectivity index (χ1v) is 7.82. The first kappa shape index (κ1) is 13.9. The molecule has 3 rings (SSSR count).